The molecule has 0 radical (unpaired) electrons. The van der Waals surface area contributed by atoms with Crippen LogP contribution in [0.1, 0.15) is 45.3 Å². The van der Waals surface area contributed by atoms with E-state index in [1.807, 2.05) is 0 Å². The number of aliphatic hydroxyl groups is 4. The number of amides is 2. The van der Waals surface area contributed by atoms with E-state index < -0.39 is 109 Å². The summed E-state index contributed by atoms with van der Waals surface area (Å²) in [6, 6.07) is -0.271. The monoisotopic (exact) mass is 882 g/mol. The topological polar surface area (TPSA) is 317 Å². The molecule has 10 atom stereocenters. The Balaban J connectivity index is 0.000000758. The minimum Gasteiger partial charge on any atom is -0.475 e. The van der Waals surface area contributed by atoms with Crippen molar-refractivity contribution < 1.29 is 90.4 Å². The molecule has 4 heterocycles. The molecule has 0 saturated carbocycles. The second-order valence-corrected chi connectivity index (χ2v) is 13.5. The molecule has 21 nitrogen and oxygen atoms in total. The lowest BCUT2D eigenvalue weighted by molar-refractivity contribution is -0.232. The van der Waals surface area contributed by atoms with Gasteiger partial charge in [0.1, 0.15) is 54.5 Å². The summed E-state index contributed by atoms with van der Waals surface area (Å²) in [5.74, 6) is -6.61. The van der Waals surface area contributed by atoms with E-state index >= 15 is 0 Å². The average Bonchev–Trinajstić information content (AvgIpc) is 3.56. The molecule has 4 rings (SSSR count). The van der Waals surface area contributed by atoms with Gasteiger partial charge < -0.3 is 60.8 Å². The molecule has 0 aliphatic carbocycles. The Kier molecular flexibility index (Phi) is 19.3. The Morgan fingerprint density at radius 1 is 0.917 bits per heavy atom. The summed E-state index contributed by atoms with van der Waals surface area (Å²) in [6.07, 6.45) is -16.1. The highest BCUT2D eigenvalue weighted by Gasteiger charge is 2.55. The Morgan fingerprint density at radius 2 is 1.48 bits per heavy atom. The largest absolute Gasteiger partial charge is 0.490 e. The summed E-state index contributed by atoms with van der Waals surface area (Å²) in [6.45, 7) is 2.45. The zero-order valence-electron chi connectivity index (χ0n) is 32.2. The molecule has 0 unspecified atom stereocenters. The number of ether oxygens (including phenoxy) is 3. The molecule has 10 N–H and O–H groups in total. The van der Waals surface area contributed by atoms with E-state index in [0.29, 0.717) is 6.54 Å². The minimum atomic E-state index is -5.08. The first kappa shape index (κ1) is 51.7. The molecule has 3 aliphatic heterocycles. The molecule has 0 aromatic carbocycles. The number of aliphatic hydroxyl groups excluding tert-OH is 4. The molecule has 1 aromatic heterocycles. The van der Waals surface area contributed by atoms with E-state index in [1.54, 1.807) is 13.1 Å². The number of alkyl halides is 6. The fraction of sp³-hybridized carbons (Fsp3) is 0.697. The number of hydrogen-bond acceptors (Lipinski definition) is 15. The van der Waals surface area contributed by atoms with Gasteiger partial charge in [0.05, 0.1) is 0 Å². The number of halogens is 6. The van der Waals surface area contributed by atoms with Gasteiger partial charge in [0.15, 0.2) is 12.5 Å². The fourth-order valence-electron chi connectivity index (χ4n) is 5.97. The summed E-state index contributed by atoms with van der Waals surface area (Å²) in [5.41, 5.74) is 4.15. The lowest BCUT2D eigenvalue weighted by Gasteiger charge is -2.38. The Bertz CT molecular complexity index is 1740. The lowest BCUT2D eigenvalue weighted by atomic mass is 9.97. The molecular formula is C33H48F6N6O15. The second kappa shape index (κ2) is 22.4. The molecule has 2 saturated heterocycles. The maximum absolute atomic E-state index is 14.1. The van der Waals surface area contributed by atoms with Gasteiger partial charge in [-0.3, -0.25) is 28.8 Å². The van der Waals surface area contributed by atoms with Gasteiger partial charge in [0, 0.05) is 38.9 Å². The van der Waals surface area contributed by atoms with Crippen LogP contribution in [-0.2, 0) is 33.4 Å². The van der Waals surface area contributed by atoms with Crippen molar-refractivity contribution in [1.82, 2.24) is 24.7 Å². The number of carbonyl (C=O) groups excluding carboxylic acids is 2. The molecule has 0 spiro atoms. The number of aliphatic carboxylic acids is 2. The molecule has 0 bridgehead atoms. The maximum atomic E-state index is 14.1. The van der Waals surface area contributed by atoms with E-state index in [9.17, 15) is 65.9 Å². The molecular weight excluding hydrogens is 834 g/mol. The maximum Gasteiger partial charge on any atom is 0.490 e. The summed E-state index contributed by atoms with van der Waals surface area (Å²) in [4.78, 5) is 73.9. The van der Waals surface area contributed by atoms with Crippen molar-refractivity contribution in [2.24, 2.45) is 5.73 Å². The van der Waals surface area contributed by atoms with Crippen LogP contribution in [0.15, 0.2) is 33.6 Å². The number of carbonyl (C=O) groups is 4. The van der Waals surface area contributed by atoms with Crippen LogP contribution >= 0.6 is 0 Å². The number of likely N-dealkylation sites (N-methyl/N-ethyl adjacent to an activating group) is 2. The van der Waals surface area contributed by atoms with Gasteiger partial charge in [-0.25, -0.2) is 14.4 Å². The lowest BCUT2D eigenvalue weighted by Crippen LogP contribution is -2.59. The number of rotatable bonds is 13. The van der Waals surface area contributed by atoms with Crippen molar-refractivity contribution in [2.45, 2.75) is 113 Å². The molecule has 3 aliphatic rings. The number of carboxylic acids is 2. The fourth-order valence-corrected chi connectivity index (χ4v) is 5.97. The van der Waals surface area contributed by atoms with Gasteiger partial charge in [-0.2, -0.15) is 26.3 Å². The second-order valence-electron chi connectivity index (χ2n) is 13.5. The first-order valence-electron chi connectivity index (χ1n) is 18.1. The predicted molar refractivity (Wildman–Crippen MR) is 188 cm³/mol. The molecule has 342 valence electrons. The van der Waals surface area contributed by atoms with Crippen LogP contribution in [0.25, 0.3) is 0 Å². The van der Waals surface area contributed by atoms with E-state index in [2.05, 4.69) is 17.2 Å². The van der Waals surface area contributed by atoms with Gasteiger partial charge in [-0.05, 0) is 19.5 Å². The average molecular weight is 883 g/mol. The molecule has 2 fully saturated rings. The number of H-pyrrole nitrogens is 1. The number of nitrogens with zero attached hydrogens (tertiary/aromatic N) is 3. The molecule has 27 heteroatoms. The third-order valence-electron chi connectivity index (χ3n) is 9.15. The highest BCUT2D eigenvalue weighted by atomic mass is 19.4. The van der Waals surface area contributed by atoms with Gasteiger partial charge in [0.25, 0.3) is 11.5 Å². The smallest absolute Gasteiger partial charge is 0.475 e. The number of aromatic nitrogens is 2. The van der Waals surface area contributed by atoms with Gasteiger partial charge in [-0.15, -0.1) is 0 Å². The van der Waals surface area contributed by atoms with Gasteiger partial charge >= 0.3 is 30.0 Å². The number of aromatic amines is 1. The van der Waals surface area contributed by atoms with E-state index in [4.69, 9.17) is 39.7 Å². The van der Waals surface area contributed by atoms with E-state index in [0.717, 1.165) is 53.8 Å². The number of nitrogens with one attached hydrogen (secondary N) is 2. The summed E-state index contributed by atoms with van der Waals surface area (Å²) in [7, 11) is 2.99. The summed E-state index contributed by atoms with van der Waals surface area (Å²) >= 11 is 0. The van der Waals surface area contributed by atoms with E-state index in [-0.39, 0.29) is 18.8 Å². The quantitative estimate of drug-likeness (QED) is 0.0761. The molecule has 1 aromatic rings. The van der Waals surface area contributed by atoms with Crippen molar-refractivity contribution in [3.05, 3.63) is 44.9 Å². The van der Waals surface area contributed by atoms with Crippen molar-refractivity contribution in [3.63, 3.8) is 0 Å². The van der Waals surface area contributed by atoms with Crippen LogP contribution < -0.4 is 22.3 Å². The molecule has 2 amide bonds. The van der Waals surface area contributed by atoms with Gasteiger partial charge in [-0.1, -0.05) is 32.6 Å². The van der Waals surface area contributed by atoms with Crippen LogP contribution in [0.5, 0.6) is 0 Å². The number of unbranched alkanes of at least 4 members (excludes halogenated alkanes) is 4. The third kappa shape index (κ3) is 13.8. The highest BCUT2D eigenvalue weighted by molar-refractivity contribution is 5.99. The summed E-state index contributed by atoms with van der Waals surface area (Å²) in [5, 5.41) is 60.4. The van der Waals surface area contributed by atoms with Crippen molar-refractivity contribution in [2.75, 3.05) is 33.7 Å². The first-order valence-corrected chi connectivity index (χ1v) is 18.1. The minimum absolute atomic E-state index is 0.0656. The molecule has 60 heavy (non-hydrogen) atoms. The zero-order chi connectivity index (χ0) is 45.9. The van der Waals surface area contributed by atoms with Crippen LogP contribution in [0, 0.1) is 0 Å². The zero-order valence-corrected chi connectivity index (χ0v) is 32.2. The van der Waals surface area contributed by atoms with Gasteiger partial charge in [0.2, 0.25) is 5.91 Å². The van der Waals surface area contributed by atoms with Crippen molar-refractivity contribution in [3.8, 4) is 0 Å². The number of carboxylic acid groups (broad SMARTS) is 2. The first-order chi connectivity index (χ1) is 27.8. The highest BCUT2D eigenvalue weighted by Crippen LogP contribution is 2.36. The van der Waals surface area contributed by atoms with Crippen molar-refractivity contribution in [1.29, 1.82) is 0 Å². The standard InChI is InChI=1S/C29H46N6O11.2C2HF3O2/c1-4-5-6-7-8-11-31-25(41)15-9-12-33(2)18(26(42)34(15)3)23(46-28-22(40)19(37)16(14-30)44-28)24-20(38)21(39)27(45-24)35-13-10-17(36)32-29(35)43;2*3-2(4,5)1(6)7/h9-10,13,16,18-24,27-28,37-40H,4-8,11-12,14,30H2,1-3H3,(H,31,41)(H,32,36,43);2*(H,6,7)/t16-,18+,19-,20+,21-,22-,23+,24+,27-,28+;;/m1../s1. The SMILES string of the molecule is CCCCCCCNC(=O)C1=CCN(C)[C@@H]([C@H](O[C@@H]2O[C@H](CN)[C@@H](O)[C@H]2O)[C@H]2O[C@@H](n3ccc(=O)[nH]c3=O)[C@H](O)[C@@H]2O)C(=O)N1C.O=C(O)C(F)(F)F.O=C(O)C(F)(F)F. The Hall–Kier alpha value is -4.48. The normalized spacial score (nSPS) is 27.8. The van der Waals surface area contributed by atoms with Crippen LogP contribution in [-0.4, -0.2) is 175 Å². The third-order valence-corrected chi connectivity index (χ3v) is 9.15. The van der Waals surface area contributed by atoms with E-state index in [1.165, 1.54) is 11.9 Å². The van der Waals surface area contributed by atoms with Crippen LogP contribution in [0.4, 0.5) is 26.3 Å². The van der Waals surface area contributed by atoms with Crippen molar-refractivity contribution >= 4 is 23.8 Å². The predicted octanol–water partition coefficient (Wildman–Crippen LogP) is -2.04. The Morgan fingerprint density at radius 3 is 1.98 bits per heavy atom. The Labute approximate surface area is 335 Å². The van der Waals surface area contributed by atoms with Crippen LogP contribution in [0.3, 0.4) is 0 Å². The van der Waals surface area contributed by atoms with Crippen LogP contribution in [0.2, 0.25) is 0 Å². The number of nitrogens with two attached hydrogens (primary N) is 1. The summed E-state index contributed by atoms with van der Waals surface area (Å²) < 4.78 is 82.1. The number of hydrogen-bond donors (Lipinski definition) is 9.